The highest BCUT2D eigenvalue weighted by molar-refractivity contribution is 8.13. The standard InChI is InChI=1S/C17H22N6O2S2/c1-9-4-11-6-27-16(18)21-17(11,8-25-9)15-20-13(7-26-15)19-14(24)12-5-23(3)22-10(12)2/h5,7,9,11H,4,6,8H2,1-3H3,(H2,18,21)(H,19,24)/t9-,11-,17?/m0/s1. The summed E-state index contributed by atoms with van der Waals surface area (Å²) in [5.41, 5.74) is 6.70. The van der Waals surface area contributed by atoms with E-state index in [1.54, 1.807) is 29.7 Å². The minimum absolute atomic E-state index is 0.200. The van der Waals surface area contributed by atoms with E-state index in [-0.39, 0.29) is 12.0 Å². The molecule has 1 amide bonds. The number of anilines is 1. The Labute approximate surface area is 165 Å². The van der Waals surface area contributed by atoms with Crippen molar-refractivity contribution in [2.45, 2.75) is 31.9 Å². The van der Waals surface area contributed by atoms with Gasteiger partial charge in [-0.05, 0) is 20.3 Å². The van der Waals surface area contributed by atoms with E-state index in [0.29, 0.717) is 34.8 Å². The number of hydrogen-bond acceptors (Lipinski definition) is 8. The summed E-state index contributed by atoms with van der Waals surface area (Å²) in [7, 11) is 1.79. The molecule has 3 atom stereocenters. The highest BCUT2D eigenvalue weighted by Crippen LogP contribution is 2.47. The summed E-state index contributed by atoms with van der Waals surface area (Å²) in [6.45, 7) is 4.35. The summed E-state index contributed by atoms with van der Waals surface area (Å²) in [6.07, 6.45) is 2.82. The number of carbonyl (C=O) groups excluding carboxylic acids is 1. The van der Waals surface area contributed by atoms with Gasteiger partial charge in [-0.2, -0.15) is 5.10 Å². The van der Waals surface area contributed by atoms with E-state index >= 15 is 0 Å². The number of ether oxygens (including phenoxy) is 1. The highest BCUT2D eigenvalue weighted by Gasteiger charge is 2.49. The number of thiazole rings is 1. The molecule has 10 heteroatoms. The molecule has 2 aromatic heterocycles. The molecular formula is C17H22N6O2S2. The smallest absolute Gasteiger partial charge is 0.260 e. The predicted octanol–water partition coefficient (Wildman–Crippen LogP) is 2.12. The van der Waals surface area contributed by atoms with Crippen LogP contribution in [0, 0.1) is 12.8 Å². The molecule has 0 bridgehead atoms. The molecule has 0 radical (unpaired) electrons. The van der Waals surface area contributed by atoms with Crippen LogP contribution in [0.3, 0.4) is 0 Å². The number of aromatic nitrogens is 3. The van der Waals surface area contributed by atoms with E-state index in [0.717, 1.165) is 17.2 Å². The number of aliphatic imine (C=N–C) groups is 1. The summed E-state index contributed by atoms with van der Waals surface area (Å²) < 4.78 is 7.55. The van der Waals surface area contributed by atoms with E-state index in [1.807, 2.05) is 12.3 Å². The van der Waals surface area contributed by atoms with Crippen LogP contribution >= 0.6 is 23.1 Å². The lowest BCUT2D eigenvalue weighted by molar-refractivity contribution is -0.0466. The van der Waals surface area contributed by atoms with Gasteiger partial charge in [0.05, 0.1) is 24.0 Å². The largest absolute Gasteiger partial charge is 0.379 e. The van der Waals surface area contributed by atoms with Gasteiger partial charge in [-0.1, -0.05) is 11.8 Å². The van der Waals surface area contributed by atoms with Crippen molar-refractivity contribution in [3.05, 3.63) is 27.8 Å². The first-order valence-corrected chi connectivity index (χ1v) is 10.6. The van der Waals surface area contributed by atoms with Crippen molar-refractivity contribution >= 4 is 40.0 Å². The number of carbonyl (C=O) groups is 1. The summed E-state index contributed by atoms with van der Waals surface area (Å²) in [6, 6.07) is 0. The molecule has 144 valence electrons. The lowest BCUT2D eigenvalue weighted by atomic mass is 9.80. The predicted molar refractivity (Wildman–Crippen MR) is 107 cm³/mol. The van der Waals surface area contributed by atoms with Crippen LogP contribution in [-0.4, -0.2) is 44.3 Å². The molecular weight excluding hydrogens is 384 g/mol. The maximum absolute atomic E-state index is 12.5. The van der Waals surface area contributed by atoms with Crippen LogP contribution in [0.5, 0.6) is 0 Å². The van der Waals surface area contributed by atoms with Gasteiger partial charge in [0.25, 0.3) is 5.91 Å². The first kappa shape index (κ1) is 18.5. The molecule has 0 aliphatic carbocycles. The highest BCUT2D eigenvalue weighted by atomic mass is 32.2. The molecule has 1 unspecified atom stereocenters. The average Bonchev–Trinajstić information content (AvgIpc) is 3.21. The maximum Gasteiger partial charge on any atom is 0.260 e. The normalized spacial score (nSPS) is 27.7. The van der Waals surface area contributed by atoms with Gasteiger partial charge >= 0.3 is 0 Å². The zero-order valence-corrected chi connectivity index (χ0v) is 17.1. The van der Waals surface area contributed by atoms with Crippen LogP contribution in [0.2, 0.25) is 0 Å². The van der Waals surface area contributed by atoms with E-state index < -0.39 is 5.54 Å². The van der Waals surface area contributed by atoms with E-state index in [1.165, 1.54) is 11.3 Å². The van der Waals surface area contributed by atoms with Gasteiger partial charge in [0.1, 0.15) is 16.4 Å². The molecule has 8 nitrogen and oxygen atoms in total. The number of nitrogens with two attached hydrogens (primary N) is 1. The van der Waals surface area contributed by atoms with Crippen LogP contribution < -0.4 is 11.1 Å². The topological polar surface area (TPSA) is 107 Å². The molecule has 2 aliphatic rings. The third-order valence-electron chi connectivity index (χ3n) is 5.00. The lowest BCUT2D eigenvalue weighted by Crippen LogP contribution is -2.49. The first-order chi connectivity index (χ1) is 12.9. The van der Waals surface area contributed by atoms with Gasteiger partial charge in [0, 0.05) is 30.3 Å². The lowest BCUT2D eigenvalue weighted by Gasteiger charge is -2.44. The summed E-state index contributed by atoms with van der Waals surface area (Å²) in [5.74, 6) is 1.51. The Bertz CT molecular complexity index is 907. The number of thioether (sulfide) groups is 1. The summed E-state index contributed by atoms with van der Waals surface area (Å²) in [4.78, 5) is 22.0. The molecule has 4 heterocycles. The van der Waals surface area contributed by atoms with Crippen molar-refractivity contribution in [2.24, 2.45) is 23.7 Å². The number of hydrogen-bond donors (Lipinski definition) is 2. The zero-order chi connectivity index (χ0) is 19.2. The molecule has 0 spiro atoms. The third-order valence-corrected chi connectivity index (χ3v) is 6.96. The van der Waals surface area contributed by atoms with Crippen LogP contribution in [0.1, 0.15) is 34.4 Å². The van der Waals surface area contributed by atoms with Gasteiger partial charge in [0.2, 0.25) is 0 Å². The maximum atomic E-state index is 12.5. The Morgan fingerprint density at radius 2 is 2.33 bits per heavy atom. The van der Waals surface area contributed by atoms with Crippen molar-refractivity contribution in [3.8, 4) is 0 Å². The number of amidine groups is 1. The minimum atomic E-state index is -0.556. The van der Waals surface area contributed by atoms with Crippen molar-refractivity contribution in [3.63, 3.8) is 0 Å². The van der Waals surface area contributed by atoms with Gasteiger partial charge in [-0.3, -0.25) is 9.48 Å². The zero-order valence-electron chi connectivity index (χ0n) is 15.4. The van der Waals surface area contributed by atoms with Gasteiger partial charge in [-0.25, -0.2) is 9.98 Å². The fourth-order valence-corrected chi connectivity index (χ4v) is 5.59. The molecule has 1 fully saturated rings. The number of fused-ring (bicyclic) bond motifs is 1. The number of amides is 1. The van der Waals surface area contributed by atoms with E-state index in [4.69, 9.17) is 15.5 Å². The van der Waals surface area contributed by atoms with Crippen LogP contribution in [0.15, 0.2) is 16.6 Å². The van der Waals surface area contributed by atoms with Crippen LogP contribution in [0.4, 0.5) is 5.82 Å². The van der Waals surface area contributed by atoms with Gasteiger partial charge in [-0.15, -0.1) is 11.3 Å². The molecule has 1 saturated heterocycles. The Morgan fingerprint density at radius 3 is 3.07 bits per heavy atom. The number of aryl methyl sites for hydroxylation is 2. The quantitative estimate of drug-likeness (QED) is 0.808. The molecule has 2 aliphatic heterocycles. The SMILES string of the molecule is Cc1nn(C)cc1C(=O)Nc1csc(C23CO[C@@H](C)C[C@H]2CSC(N)=N3)n1. The molecule has 4 rings (SSSR count). The molecule has 27 heavy (non-hydrogen) atoms. The molecule has 0 aromatic carbocycles. The third kappa shape index (κ3) is 3.37. The minimum Gasteiger partial charge on any atom is -0.379 e. The van der Waals surface area contributed by atoms with E-state index in [9.17, 15) is 4.79 Å². The molecule has 0 saturated carbocycles. The Kier molecular flexibility index (Phi) is 4.73. The summed E-state index contributed by atoms with van der Waals surface area (Å²) in [5, 5.41) is 10.3. The Morgan fingerprint density at radius 1 is 1.52 bits per heavy atom. The second kappa shape index (κ2) is 6.92. The number of rotatable bonds is 3. The van der Waals surface area contributed by atoms with Crippen LogP contribution in [-0.2, 0) is 17.3 Å². The van der Waals surface area contributed by atoms with Crippen LogP contribution in [0.25, 0.3) is 0 Å². The monoisotopic (exact) mass is 406 g/mol. The fourth-order valence-electron chi connectivity index (χ4n) is 3.62. The van der Waals surface area contributed by atoms with Crippen molar-refractivity contribution in [1.82, 2.24) is 14.8 Å². The van der Waals surface area contributed by atoms with Crippen molar-refractivity contribution in [2.75, 3.05) is 17.7 Å². The molecule has 2 aromatic rings. The van der Waals surface area contributed by atoms with E-state index in [2.05, 4.69) is 22.3 Å². The number of nitrogens with zero attached hydrogens (tertiary/aromatic N) is 4. The fraction of sp³-hybridized carbons (Fsp3) is 0.529. The first-order valence-electron chi connectivity index (χ1n) is 8.74. The second-order valence-corrected chi connectivity index (χ2v) is 8.93. The average molecular weight is 407 g/mol. The summed E-state index contributed by atoms with van der Waals surface area (Å²) >= 11 is 3.07. The Balaban J connectivity index is 1.60. The van der Waals surface area contributed by atoms with Crippen molar-refractivity contribution in [1.29, 1.82) is 0 Å². The second-order valence-electron chi connectivity index (χ2n) is 7.03. The Hall–Kier alpha value is -1.91. The van der Waals surface area contributed by atoms with Gasteiger partial charge in [0.15, 0.2) is 5.17 Å². The van der Waals surface area contributed by atoms with Gasteiger partial charge < -0.3 is 15.8 Å². The van der Waals surface area contributed by atoms with Crippen molar-refractivity contribution < 1.29 is 9.53 Å². The molecule has 3 N–H and O–H groups in total. The number of nitrogens with one attached hydrogen (secondary N) is 1.